The summed E-state index contributed by atoms with van der Waals surface area (Å²) in [5.41, 5.74) is 0.682. The lowest BCUT2D eigenvalue weighted by atomic mass is 10.1. The van der Waals surface area contributed by atoms with Crippen LogP contribution in [0.4, 0.5) is 8.78 Å². The van der Waals surface area contributed by atoms with Crippen molar-refractivity contribution in [2.24, 2.45) is 5.92 Å². The summed E-state index contributed by atoms with van der Waals surface area (Å²) in [6, 6.07) is 0. The van der Waals surface area contributed by atoms with Crippen LogP contribution in [0.25, 0.3) is 0 Å². The number of alkyl halides is 2. The van der Waals surface area contributed by atoms with E-state index in [0.29, 0.717) is 24.6 Å². The van der Waals surface area contributed by atoms with Crippen LogP contribution in [-0.2, 0) is 13.1 Å². The third kappa shape index (κ3) is 4.37. The van der Waals surface area contributed by atoms with Gasteiger partial charge in [0, 0.05) is 18.7 Å². The topological polar surface area (TPSA) is 29.9 Å². The maximum Gasteiger partial charge on any atom is 0.280 e. The molecule has 0 fully saturated rings. The van der Waals surface area contributed by atoms with E-state index < -0.39 is 6.43 Å². The Balaban J connectivity index is 2.72. The number of rotatable bonds is 8. The molecule has 0 aliphatic heterocycles. The van der Waals surface area contributed by atoms with Crippen molar-refractivity contribution < 1.29 is 8.78 Å². The van der Waals surface area contributed by atoms with Gasteiger partial charge in [0.25, 0.3) is 6.43 Å². The first-order chi connectivity index (χ1) is 8.56. The van der Waals surface area contributed by atoms with E-state index in [2.05, 4.69) is 24.3 Å². The molecule has 1 aromatic heterocycles. The quantitative estimate of drug-likeness (QED) is 0.725. The predicted octanol–water partition coefficient (Wildman–Crippen LogP) is 3.37. The van der Waals surface area contributed by atoms with E-state index in [1.807, 2.05) is 6.92 Å². The summed E-state index contributed by atoms with van der Waals surface area (Å²) < 4.78 is 27.6. The fourth-order valence-electron chi connectivity index (χ4n) is 1.78. The highest BCUT2D eigenvalue weighted by atomic mass is 19.3. The van der Waals surface area contributed by atoms with Crippen molar-refractivity contribution in [3.05, 3.63) is 17.5 Å². The largest absolute Gasteiger partial charge is 0.313 e. The molecule has 0 saturated heterocycles. The average molecular weight is 259 g/mol. The van der Waals surface area contributed by atoms with Crippen LogP contribution < -0.4 is 5.32 Å². The van der Waals surface area contributed by atoms with Crippen molar-refractivity contribution in [3.8, 4) is 0 Å². The van der Waals surface area contributed by atoms with E-state index in [-0.39, 0.29) is 5.69 Å². The molecule has 0 atom stereocenters. The molecule has 0 bridgehead atoms. The molecule has 0 unspecified atom stereocenters. The van der Waals surface area contributed by atoms with E-state index in [1.165, 1.54) is 4.68 Å². The SMILES string of the molecule is CCCNCc1cnn(CCC(C)C)c1C(F)F. The fourth-order valence-corrected chi connectivity index (χ4v) is 1.78. The number of halogens is 2. The van der Waals surface area contributed by atoms with Crippen molar-refractivity contribution in [2.45, 2.75) is 53.1 Å². The Morgan fingerprint density at radius 1 is 1.39 bits per heavy atom. The molecule has 1 N–H and O–H groups in total. The molecule has 3 nitrogen and oxygen atoms in total. The minimum Gasteiger partial charge on any atom is -0.313 e. The summed E-state index contributed by atoms with van der Waals surface area (Å²) in [7, 11) is 0. The third-order valence-electron chi connectivity index (χ3n) is 2.83. The van der Waals surface area contributed by atoms with Gasteiger partial charge in [-0.2, -0.15) is 5.10 Å². The zero-order valence-corrected chi connectivity index (χ0v) is 11.4. The smallest absolute Gasteiger partial charge is 0.280 e. The monoisotopic (exact) mass is 259 g/mol. The number of aryl methyl sites for hydroxylation is 1. The van der Waals surface area contributed by atoms with E-state index in [9.17, 15) is 8.78 Å². The molecule has 0 amide bonds. The first-order valence-corrected chi connectivity index (χ1v) is 6.59. The molecule has 1 rings (SSSR count). The molecule has 0 aliphatic rings. The molecule has 0 aromatic carbocycles. The Morgan fingerprint density at radius 2 is 2.11 bits per heavy atom. The van der Waals surface area contributed by atoms with Crippen LogP contribution in [0.3, 0.4) is 0 Å². The van der Waals surface area contributed by atoms with E-state index in [0.717, 1.165) is 19.4 Å². The second-order valence-electron chi connectivity index (χ2n) is 4.94. The zero-order valence-electron chi connectivity index (χ0n) is 11.4. The van der Waals surface area contributed by atoms with Crippen LogP contribution in [0, 0.1) is 5.92 Å². The summed E-state index contributed by atoms with van der Waals surface area (Å²) in [4.78, 5) is 0. The molecule has 0 radical (unpaired) electrons. The molecule has 5 heteroatoms. The van der Waals surface area contributed by atoms with Crippen LogP contribution in [0.5, 0.6) is 0 Å². The second kappa shape index (κ2) is 7.46. The Kier molecular flexibility index (Phi) is 6.25. The molecule has 18 heavy (non-hydrogen) atoms. The maximum atomic E-state index is 13.1. The van der Waals surface area contributed by atoms with Gasteiger partial charge in [0.15, 0.2) is 0 Å². The minimum atomic E-state index is -2.46. The van der Waals surface area contributed by atoms with E-state index in [1.54, 1.807) is 6.20 Å². The second-order valence-corrected chi connectivity index (χ2v) is 4.94. The number of nitrogens with zero attached hydrogens (tertiary/aromatic N) is 2. The van der Waals surface area contributed by atoms with Gasteiger partial charge in [-0.3, -0.25) is 4.68 Å². The molecule has 0 spiro atoms. The Bertz CT molecular complexity index is 348. The fraction of sp³-hybridized carbons (Fsp3) is 0.769. The Labute approximate surface area is 108 Å². The van der Waals surface area contributed by atoms with Crippen LogP contribution >= 0.6 is 0 Å². The molecule has 104 valence electrons. The number of aromatic nitrogens is 2. The third-order valence-corrected chi connectivity index (χ3v) is 2.83. The van der Waals surface area contributed by atoms with Crippen molar-refractivity contribution in [3.63, 3.8) is 0 Å². The summed E-state index contributed by atoms with van der Waals surface area (Å²) in [6.45, 7) is 8.07. The van der Waals surface area contributed by atoms with Gasteiger partial charge in [0.1, 0.15) is 5.69 Å². The highest BCUT2D eigenvalue weighted by molar-refractivity contribution is 5.18. The van der Waals surface area contributed by atoms with Gasteiger partial charge < -0.3 is 5.32 Å². The van der Waals surface area contributed by atoms with Crippen LogP contribution in [0.2, 0.25) is 0 Å². The van der Waals surface area contributed by atoms with Crippen LogP contribution in [-0.4, -0.2) is 16.3 Å². The number of hydrogen-bond acceptors (Lipinski definition) is 2. The highest BCUT2D eigenvalue weighted by Crippen LogP contribution is 2.23. The Hall–Kier alpha value is -0.970. The highest BCUT2D eigenvalue weighted by Gasteiger charge is 2.19. The van der Waals surface area contributed by atoms with Gasteiger partial charge >= 0.3 is 0 Å². The van der Waals surface area contributed by atoms with Gasteiger partial charge in [-0.15, -0.1) is 0 Å². The summed E-state index contributed by atoms with van der Waals surface area (Å²) in [5.74, 6) is 0.487. The number of hydrogen-bond donors (Lipinski definition) is 1. The van der Waals surface area contributed by atoms with Gasteiger partial charge in [-0.25, -0.2) is 8.78 Å². The molecular formula is C13H23F2N3. The summed E-state index contributed by atoms with van der Waals surface area (Å²) in [6.07, 6.45) is 0.956. The van der Waals surface area contributed by atoms with E-state index >= 15 is 0 Å². The van der Waals surface area contributed by atoms with Gasteiger partial charge in [-0.1, -0.05) is 20.8 Å². The van der Waals surface area contributed by atoms with Crippen LogP contribution in [0.15, 0.2) is 6.20 Å². The van der Waals surface area contributed by atoms with Gasteiger partial charge in [0.05, 0.1) is 6.20 Å². The maximum absolute atomic E-state index is 13.1. The van der Waals surface area contributed by atoms with Gasteiger partial charge in [-0.05, 0) is 25.3 Å². The lowest BCUT2D eigenvalue weighted by Crippen LogP contribution is -2.16. The average Bonchev–Trinajstić information content (AvgIpc) is 2.70. The number of nitrogens with one attached hydrogen (secondary N) is 1. The van der Waals surface area contributed by atoms with Crippen molar-refractivity contribution in [1.29, 1.82) is 0 Å². The molecule has 0 saturated carbocycles. The first kappa shape index (κ1) is 15.1. The zero-order chi connectivity index (χ0) is 13.5. The predicted molar refractivity (Wildman–Crippen MR) is 68.6 cm³/mol. The first-order valence-electron chi connectivity index (χ1n) is 6.59. The molecular weight excluding hydrogens is 236 g/mol. The summed E-state index contributed by atoms with van der Waals surface area (Å²) >= 11 is 0. The Morgan fingerprint density at radius 3 is 2.67 bits per heavy atom. The van der Waals surface area contributed by atoms with Crippen molar-refractivity contribution in [2.75, 3.05) is 6.54 Å². The molecule has 1 aromatic rings. The van der Waals surface area contributed by atoms with Gasteiger partial charge in [0.2, 0.25) is 0 Å². The van der Waals surface area contributed by atoms with E-state index in [4.69, 9.17) is 0 Å². The standard InChI is InChI=1S/C13H23F2N3/c1-4-6-16-8-11-9-17-18(7-5-10(2)3)12(11)13(14)15/h9-10,13,16H,4-8H2,1-3H3. The minimum absolute atomic E-state index is 0.0688. The normalized spacial score (nSPS) is 11.7. The van der Waals surface area contributed by atoms with Crippen molar-refractivity contribution >= 4 is 0 Å². The lowest BCUT2D eigenvalue weighted by molar-refractivity contribution is 0.137. The van der Waals surface area contributed by atoms with Crippen LogP contribution in [0.1, 0.15) is 51.3 Å². The summed E-state index contributed by atoms with van der Waals surface area (Å²) in [5, 5.41) is 7.22. The molecule has 1 heterocycles. The lowest BCUT2D eigenvalue weighted by Gasteiger charge is -2.10. The van der Waals surface area contributed by atoms with Crippen molar-refractivity contribution in [1.82, 2.24) is 15.1 Å². The molecule has 0 aliphatic carbocycles.